The molecule has 22 heavy (non-hydrogen) atoms. The molecule has 1 aromatic carbocycles. The highest BCUT2D eigenvalue weighted by molar-refractivity contribution is 7.21. The summed E-state index contributed by atoms with van der Waals surface area (Å²) in [7, 11) is 1.64. The minimum absolute atomic E-state index is 0.0753. The van der Waals surface area contributed by atoms with Crippen LogP contribution in [-0.2, 0) is 0 Å². The summed E-state index contributed by atoms with van der Waals surface area (Å²) >= 11 is 1.49. The van der Waals surface area contributed by atoms with Gasteiger partial charge in [0.05, 0.1) is 18.1 Å². The van der Waals surface area contributed by atoms with Crippen molar-refractivity contribution in [1.29, 1.82) is 0 Å². The predicted octanol–water partition coefficient (Wildman–Crippen LogP) is 3.36. The Balaban J connectivity index is 2.10. The van der Waals surface area contributed by atoms with Gasteiger partial charge in [-0.1, -0.05) is 13.8 Å². The third kappa shape index (κ3) is 3.59. The van der Waals surface area contributed by atoms with Crippen LogP contribution in [-0.4, -0.2) is 30.8 Å². The summed E-state index contributed by atoms with van der Waals surface area (Å²) in [5, 5.41) is 13.7. The van der Waals surface area contributed by atoms with Crippen molar-refractivity contribution < 1.29 is 14.6 Å². The number of benzene rings is 1. The van der Waals surface area contributed by atoms with E-state index in [2.05, 4.69) is 5.32 Å². The Kier molecular flexibility index (Phi) is 5.42. The number of fused-ring (bicyclic) bond motifs is 1. The molecular weight excluding hydrogens is 298 g/mol. The number of hydrogen-bond acceptors (Lipinski definition) is 4. The minimum atomic E-state index is -0.381. The summed E-state index contributed by atoms with van der Waals surface area (Å²) in [6.07, 6.45) is 0.189. The highest BCUT2D eigenvalue weighted by Crippen LogP contribution is 2.33. The number of rotatable bonds is 6. The SMILES string of the molecule is COc1ccc2sc(C(=O)NCCC(O)C(C)C)c(C)c2c1. The lowest BCUT2D eigenvalue weighted by Crippen LogP contribution is -2.28. The number of aliphatic hydroxyl groups is 1. The molecule has 1 unspecified atom stereocenters. The highest BCUT2D eigenvalue weighted by atomic mass is 32.1. The zero-order valence-electron chi connectivity index (χ0n) is 13.5. The van der Waals surface area contributed by atoms with E-state index in [1.807, 2.05) is 39.0 Å². The number of amides is 1. The topological polar surface area (TPSA) is 58.6 Å². The van der Waals surface area contributed by atoms with Gasteiger partial charge < -0.3 is 15.2 Å². The standard InChI is InChI=1S/C17H23NO3S/c1-10(2)14(19)7-8-18-17(20)16-11(3)13-9-12(21-4)5-6-15(13)22-16/h5-6,9-10,14,19H,7-8H2,1-4H3,(H,18,20). The maximum atomic E-state index is 12.3. The van der Waals surface area contributed by atoms with Gasteiger partial charge in [0.25, 0.3) is 5.91 Å². The Morgan fingerprint density at radius 1 is 1.41 bits per heavy atom. The number of thiophene rings is 1. The molecule has 0 aliphatic carbocycles. The number of methoxy groups -OCH3 is 1. The molecule has 0 bridgehead atoms. The van der Waals surface area contributed by atoms with E-state index in [-0.39, 0.29) is 17.9 Å². The zero-order valence-corrected chi connectivity index (χ0v) is 14.3. The van der Waals surface area contributed by atoms with Crippen molar-refractivity contribution in [3.63, 3.8) is 0 Å². The Labute approximate surface area is 135 Å². The van der Waals surface area contributed by atoms with Crippen molar-refractivity contribution in [1.82, 2.24) is 5.32 Å². The Bertz CT molecular complexity index is 663. The van der Waals surface area contributed by atoms with Crippen LogP contribution in [0.15, 0.2) is 18.2 Å². The Hall–Kier alpha value is -1.59. The molecule has 120 valence electrons. The smallest absolute Gasteiger partial charge is 0.261 e. The van der Waals surface area contributed by atoms with Gasteiger partial charge in [0, 0.05) is 11.2 Å². The van der Waals surface area contributed by atoms with Crippen LogP contribution in [0.2, 0.25) is 0 Å². The molecule has 0 fully saturated rings. The van der Waals surface area contributed by atoms with E-state index in [1.54, 1.807) is 7.11 Å². The van der Waals surface area contributed by atoms with Crippen LogP contribution in [0.3, 0.4) is 0 Å². The van der Waals surface area contributed by atoms with Crippen molar-refractivity contribution in [3.8, 4) is 5.75 Å². The molecule has 0 saturated carbocycles. The molecule has 0 radical (unpaired) electrons. The van der Waals surface area contributed by atoms with E-state index in [9.17, 15) is 9.90 Å². The van der Waals surface area contributed by atoms with Crippen LogP contribution in [0.1, 0.15) is 35.5 Å². The summed E-state index contributed by atoms with van der Waals surface area (Å²) in [4.78, 5) is 13.1. The molecule has 0 aliphatic rings. The van der Waals surface area contributed by atoms with Crippen molar-refractivity contribution in [3.05, 3.63) is 28.6 Å². The second-order valence-electron chi connectivity index (χ2n) is 5.77. The monoisotopic (exact) mass is 321 g/mol. The van der Waals surface area contributed by atoms with E-state index in [1.165, 1.54) is 11.3 Å². The summed E-state index contributed by atoms with van der Waals surface area (Å²) in [6, 6.07) is 5.84. The average molecular weight is 321 g/mol. The number of aliphatic hydroxyl groups excluding tert-OH is 1. The van der Waals surface area contributed by atoms with Crippen LogP contribution in [0.4, 0.5) is 0 Å². The van der Waals surface area contributed by atoms with Crippen LogP contribution >= 0.6 is 11.3 Å². The number of nitrogens with one attached hydrogen (secondary N) is 1. The van der Waals surface area contributed by atoms with Gasteiger partial charge in [-0.3, -0.25) is 4.79 Å². The quantitative estimate of drug-likeness (QED) is 0.858. The summed E-state index contributed by atoms with van der Waals surface area (Å²) in [5.41, 5.74) is 0.973. The maximum Gasteiger partial charge on any atom is 0.261 e. The van der Waals surface area contributed by atoms with Crippen LogP contribution in [0.25, 0.3) is 10.1 Å². The number of aryl methyl sites for hydroxylation is 1. The third-order valence-electron chi connectivity index (χ3n) is 3.84. The minimum Gasteiger partial charge on any atom is -0.497 e. The van der Waals surface area contributed by atoms with Gasteiger partial charge in [0.1, 0.15) is 5.75 Å². The molecule has 2 N–H and O–H groups in total. The summed E-state index contributed by atoms with van der Waals surface area (Å²) in [5.74, 6) is 0.921. The molecular formula is C17H23NO3S. The fourth-order valence-electron chi connectivity index (χ4n) is 2.29. The average Bonchev–Trinajstić information content (AvgIpc) is 2.83. The second-order valence-corrected chi connectivity index (χ2v) is 6.83. The maximum absolute atomic E-state index is 12.3. The van der Waals surface area contributed by atoms with Gasteiger partial charge in [0.2, 0.25) is 0 Å². The van der Waals surface area contributed by atoms with Gasteiger partial charge in [-0.2, -0.15) is 0 Å². The Morgan fingerprint density at radius 3 is 2.77 bits per heavy atom. The van der Waals surface area contributed by atoms with Gasteiger partial charge in [-0.25, -0.2) is 0 Å². The molecule has 1 aromatic heterocycles. The van der Waals surface area contributed by atoms with Gasteiger partial charge in [-0.05, 0) is 48.4 Å². The molecule has 2 rings (SSSR count). The molecule has 0 saturated heterocycles. The largest absolute Gasteiger partial charge is 0.497 e. The normalized spacial score (nSPS) is 12.6. The molecule has 4 nitrogen and oxygen atoms in total. The van der Waals surface area contributed by atoms with Gasteiger partial charge in [-0.15, -0.1) is 11.3 Å². The van der Waals surface area contributed by atoms with Gasteiger partial charge >= 0.3 is 0 Å². The van der Waals surface area contributed by atoms with E-state index < -0.39 is 0 Å². The lowest BCUT2D eigenvalue weighted by atomic mass is 10.0. The second kappa shape index (κ2) is 7.11. The molecule has 2 aromatic rings. The first-order valence-electron chi connectivity index (χ1n) is 7.47. The van der Waals surface area contributed by atoms with Crippen molar-refractivity contribution in [2.45, 2.75) is 33.3 Å². The van der Waals surface area contributed by atoms with Crippen LogP contribution in [0.5, 0.6) is 5.75 Å². The van der Waals surface area contributed by atoms with Crippen molar-refractivity contribution >= 4 is 27.3 Å². The van der Waals surface area contributed by atoms with Crippen molar-refractivity contribution in [2.24, 2.45) is 5.92 Å². The Morgan fingerprint density at radius 2 is 2.14 bits per heavy atom. The summed E-state index contributed by atoms with van der Waals surface area (Å²) < 4.78 is 6.31. The van der Waals surface area contributed by atoms with Gasteiger partial charge in [0.15, 0.2) is 0 Å². The molecule has 5 heteroatoms. The van der Waals surface area contributed by atoms with E-state index in [0.717, 1.165) is 26.3 Å². The molecule has 1 heterocycles. The number of ether oxygens (including phenoxy) is 1. The first-order valence-corrected chi connectivity index (χ1v) is 8.29. The van der Waals surface area contributed by atoms with E-state index in [4.69, 9.17) is 4.74 Å². The summed E-state index contributed by atoms with van der Waals surface area (Å²) in [6.45, 7) is 6.37. The van der Waals surface area contributed by atoms with Crippen molar-refractivity contribution in [2.75, 3.05) is 13.7 Å². The zero-order chi connectivity index (χ0) is 16.3. The van der Waals surface area contributed by atoms with Crippen LogP contribution < -0.4 is 10.1 Å². The van der Waals surface area contributed by atoms with Crippen LogP contribution in [0, 0.1) is 12.8 Å². The fourth-order valence-corrected chi connectivity index (χ4v) is 3.40. The highest BCUT2D eigenvalue weighted by Gasteiger charge is 2.16. The predicted molar refractivity (Wildman–Crippen MR) is 90.9 cm³/mol. The third-order valence-corrected chi connectivity index (χ3v) is 5.12. The number of carbonyl (C=O) groups is 1. The number of hydrogen-bond donors (Lipinski definition) is 2. The molecule has 1 amide bonds. The first-order chi connectivity index (χ1) is 10.4. The lowest BCUT2D eigenvalue weighted by molar-refractivity contribution is 0.0923. The lowest BCUT2D eigenvalue weighted by Gasteiger charge is -2.14. The molecule has 1 atom stereocenters. The fraction of sp³-hybridized carbons (Fsp3) is 0.471. The molecule has 0 spiro atoms. The van der Waals surface area contributed by atoms with E-state index >= 15 is 0 Å². The van der Waals surface area contributed by atoms with E-state index in [0.29, 0.717) is 13.0 Å². The first kappa shape index (κ1) is 16.8. The molecule has 0 aliphatic heterocycles. The number of carbonyl (C=O) groups excluding carboxylic acids is 1.